The van der Waals surface area contributed by atoms with Crippen LogP contribution in [-0.4, -0.2) is 89.8 Å². The van der Waals surface area contributed by atoms with Gasteiger partial charge in [-0.1, -0.05) is 49.6 Å². The molecule has 3 atom stereocenters. The molecule has 1 N–H and O–H groups in total. The maximum absolute atomic E-state index is 13.9. The molecular weight excluding hydrogens is 586 g/mol. The molecule has 258 valence electrons. The number of hydrogen-bond acceptors (Lipinski definition) is 8. The van der Waals surface area contributed by atoms with Gasteiger partial charge in [0.05, 0.1) is 12.6 Å². The molecule has 46 heavy (non-hydrogen) atoms. The van der Waals surface area contributed by atoms with Crippen LogP contribution in [0.15, 0.2) is 30.3 Å². The van der Waals surface area contributed by atoms with Gasteiger partial charge in [-0.3, -0.25) is 19.7 Å². The minimum atomic E-state index is -0.660. The molecule has 2 heterocycles. The third-order valence-corrected chi connectivity index (χ3v) is 8.46. The first kappa shape index (κ1) is 37.3. The number of nitrogens with one attached hydrogen (secondary N) is 1. The molecule has 10 heteroatoms. The normalized spacial score (nSPS) is 20.5. The molecule has 0 radical (unpaired) electrons. The molecule has 2 saturated heterocycles. The van der Waals surface area contributed by atoms with Gasteiger partial charge in [0, 0.05) is 25.6 Å². The molecule has 0 aromatic heterocycles. The summed E-state index contributed by atoms with van der Waals surface area (Å²) < 4.78 is 16.5. The van der Waals surface area contributed by atoms with Gasteiger partial charge in [0.2, 0.25) is 5.91 Å². The van der Waals surface area contributed by atoms with Crippen molar-refractivity contribution in [2.45, 2.75) is 129 Å². The Kier molecular flexibility index (Phi) is 13.9. The Morgan fingerprint density at radius 1 is 0.913 bits per heavy atom. The van der Waals surface area contributed by atoms with Crippen molar-refractivity contribution in [3.8, 4) is 0 Å². The van der Waals surface area contributed by atoms with Crippen molar-refractivity contribution in [2.75, 3.05) is 32.8 Å². The second-order valence-electron chi connectivity index (χ2n) is 14.7. The van der Waals surface area contributed by atoms with E-state index in [2.05, 4.69) is 17.4 Å². The lowest BCUT2D eigenvalue weighted by Gasteiger charge is -2.33. The Hall–Kier alpha value is -3.14. The predicted molar refractivity (Wildman–Crippen MR) is 177 cm³/mol. The van der Waals surface area contributed by atoms with E-state index in [4.69, 9.17) is 14.2 Å². The number of nitrogens with zero attached hydrogens (tertiary/aromatic N) is 2. The molecule has 2 aliphatic rings. The number of ether oxygens (including phenoxy) is 3. The molecule has 2 fully saturated rings. The smallest absolute Gasteiger partial charge is 0.410 e. The van der Waals surface area contributed by atoms with Crippen LogP contribution in [0, 0.1) is 5.92 Å². The molecule has 10 nitrogen and oxygen atoms in total. The first-order chi connectivity index (χ1) is 21.6. The number of carbonyl (C=O) groups excluding carboxylic acids is 4. The number of amides is 2. The van der Waals surface area contributed by atoms with Crippen molar-refractivity contribution >= 4 is 23.9 Å². The number of likely N-dealkylation sites (tertiary alicyclic amines) is 2. The van der Waals surface area contributed by atoms with E-state index in [1.165, 1.54) is 0 Å². The zero-order valence-corrected chi connectivity index (χ0v) is 29.1. The van der Waals surface area contributed by atoms with Gasteiger partial charge in [0.25, 0.3) is 0 Å². The fourth-order valence-electron chi connectivity index (χ4n) is 6.25. The van der Waals surface area contributed by atoms with Gasteiger partial charge in [0.15, 0.2) is 0 Å². The van der Waals surface area contributed by atoms with Gasteiger partial charge in [-0.2, -0.15) is 0 Å². The van der Waals surface area contributed by atoms with E-state index >= 15 is 0 Å². The maximum atomic E-state index is 13.9. The van der Waals surface area contributed by atoms with Crippen LogP contribution in [0.2, 0.25) is 0 Å². The van der Waals surface area contributed by atoms with Crippen LogP contribution < -0.4 is 5.32 Å². The molecule has 0 unspecified atom stereocenters. The zero-order chi connectivity index (χ0) is 33.9. The highest BCUT2D eigenvalue weighted by atomic mass is 16.6. The highest BCUT2D eigenvalue weighted by Gasteiger charge is 2.36. The van der Waals surface area contributed by atoms with Crippen molar-refractivity contribution in [1.29, 1.82) is 0 Å². The van der Waals surface area contributed by atoms with Crippen LogP contribution in [-0.2, 0) is 28.6 Å². The van der Waals surface area contributed by atoms with E-state index in [0.29, 0.717) is 38.4 Å². The van der Waals surface area contributed by atoms with E-state index in [1.807, 2.05) is 59.7 Å². The molecule has 0 spiro atoms. The maximum Gasteiger partial charge on any atom is 0.410 e. The second-order valence-corrected chi connectivity index (χ2v) is 14.7. The average molecular weight is 644 g/mol. The quantitative estimate of drug-likeness (QED) is 0.172. The summed E-state index contributed by atoms with van der Waals surface area (Å²) in [5.41, 5.74) is -0.0465. The highest BCUT2D eigenvalue weighted by molar-refractivity contribution is 5.87. The molecule has 0 bridgehead atoms. The fourth-order valence-corrected chi connectivity index (χ4v) is 6.25. The van der Waals surface area contributed by atoms with Crippen LogP contribution in [0.5, 0.6) is 0 Å². The Bertz CT molecular complexity index is 1140. The number of unbranched alkanes of at least 4 members (excludes halogenated alkanes) is 1. The van der Waals surface area contributed by atoms with Crippen molar-refractivity contribution < 1.29 is 33.4 Å². The fraction of sp³-hybridized carbons (Fsp3) is 0.722. The zero-order valence-electron chi connectivity index (χ0n) is 29.1. The molecule has 2 amide bonds. The van der Waals surface area contributed by atoms with Crippen LogP contribution in [0.25, 0.3) is 0 Å². The summed E-state index contributed by atoms with van der Waals surface area (Å²) in [6.45, 7) is 14.7. The Morgan fingerprint density at radius 2 is 1.57 bits per heavy atom. The first-order valence-corrected chi connectivity index (χ1v) is 17.1. The minimum absolute atomic E-state index is 0.0576. The van der Waals surface area contributed by atoms with Crippen molar-refractivity contribution in [3.05, 3.63) is 35.9 Å². The minimum Gasteiger partial charge on any atom is -0.465 e. The van der Waals surface area contributed by atoms with Crippen molar-refractivity contribution in [1.82, 2.24) is 15.1 Å². The number of hydrogen-bond donors (Lipinski definition) is 1. The molecule has 1 aromatic carbocycles. The largest absolute Gasteiger partial charge is 0.465 e. The van der Waals surface area contributed by atoms with Crippen molar-refractivity contribution in [2.24, 2.45) is 5.92 Å². The van der Waals surface area contributed by atoms with Crippen LogP contribution in [0.1, 0.15) is 111 Å². The predicted octanol–water partition coefficient (Wildman–Crippen LogP) is 5.83. The van der Waals surface area contributed by atoms with Gasteiger partial charge in [-0.05, 0) is 92.1 Å². The summed E-state index contributed by atoms with van der Waals surface area (Å²) in [6.07, 6.45) is 6.20. The summed E-state index contributed by atoms with van der Waals surface area (Å²) in [6, 6.07) is 8.79. The standard InChI is InChI=1S/C36H57N3O7/c1-8-44-33(42)30(17-13-12-14-26-20-22-38(23-21-26)34(43)46-36(5,6)7)37-29-19-18-28(27-15-10-9-11-16-27)24-39(32(29)41)25-31(40)45-35(2,3)4/h9-11,15-16,26,28-30,37H,8,12-14,17-25H2,1-7H3/t28-,29-,30+/m0/s1. The summed E-state index contributed by atoms with van der Waals surface area (Å²) in [5.74, 6) is -0.430. The third-order valence-electron chi connectivity index (χ3n) is 8.46. The topological polar surface area (TPSA) is 114 Å². The van der Waals surface area contributed by atoms with E-state index in [0.717, 1.165) is 44.1 Å². The summed E-state index contributed by atoms with van der Waals surface area (Å²) >= 11 is 0. The van der Waals surface area contributed by atoms with E-state index < -0.39 is 29.3 Å². The lowest BCUT2D eigenvalue weighted by Crippen LogP contribution is -2.52. The molecule has 2 aliphatic heterocycles. The Morgan fingerprint density at radius 3 is 2.17 bits per heavy atom. The van der Waals surface area contributed by atoms with Crippen LogP contribution in [0.3, 0.4) is 0 Å². The van der Waals surface area contributed by atoms with Gasteiger partial charge in [-0.25, -0.2) is 4.79 Å². The monoisotopic (exact) mass is 643 g/mol. The van der Waals surface area contributed by atoms with Crippen LogP contribution in [0.4, 0.5) is 4.79 Å². The third kappa shape index (κ3) is 12.6. The number of piperidine rings is 1. The van der Waals surface area contributed by atoms with Gasteiger partial charge >= 0.3 is 18.0 Å². The summed E-state index contributed by atoms with van der Waals surface area (Å²) in [5, 5.41) is 3.35. The van der Waals surface area contributed by atoms with E-state index in [1.54, 1.807) is 16.7 Å². The van der Waals surface area contributed by atoms with Gasteiger partial charge < -0.3 is 24.0 Å². The molecule has 1 aromatic rings. The molecular formula is C36H57N3O7. The second kappa shape index (κ2) is 17.1. The van der Waals surface area contributed by atoms with Gasteiger partial charge in [0.1, 0.15) is 23.8 Å². The highest BCUT2D eigenvalue weighted by Crippen LogP contribution is 2.29. The van der Waals surface area contributed by atoms with E-state index in [-0.39, 0.29) is 37.0 Å². The van der Waals surface area contributed by atoms with Crippen LogP contribution >= 0.6 is 0 Å². The summed E-state index contributed by atoms with van der Waals surface area (Å²) in [7, 11) is 0. The number of rotatable bonds is 12. The first-order valence-electron chi connectivity index (χ1n) is 17.1. The molecule has 0 aliphatic carbocycles. The molecule has 0 saturated carbocycles. The Balaban J connectivity index is 1.60. The lowest BCUT2D eigenvalue weighted by atomic mass is 9.91. The van der Waals surface area contributed by atoms with Gasteiger partial charge in [-0.15, -0.1) is 0 Å². The van der Waals surface area contributed by atoms with Crippen molar-refractivity contribution in [3.63, 3.8) is 0 Å². The number of benzene rings is 1. The average Bonchev–Trinajstić information content (AvgIpc) is 3.12. The van der Waals surface area contributed by atoms with E-state index in [9.17, 15) is 19.2 Å². The molecule has 3 rings (SSSR count). The SMILES string of the molecule is CCOC(=O)[C@@H](CCCCC1CCN(C(=O)OC(C)(C)C)CC1)N[C@H]1CC[C@H](c2ccccc2)CN(CC(=O)OC(C)(C)C)C1=O. The number of esters is 2. The lowest BCUT2D eigenvalue weighted by molar-refractivity contribution is -0.159. The summed E-state index contributed by atoms with van der Waals surface area (Å²) in [4.78, 5) is 55.6. The number of carbonyl (C=O) groups is 4. The Labute approximate surface area is 275 Å².